The highest BCUT2D eigenvalue weighted by atomic mass is 32.2. The standard InChI is InChI=1S/C26H47N3S/c1-20(2)11-9-12-21(3)13-10-14-22(4)17-18-30-19-24(6)29-23(5)15-16-26(28-8)25(7)27/h11,13,17,24,26,28-29H,5,7,9-10,12,14-16,18-19,27H2,1-4,6,8H3/b21-13+,22-17+. The van der Waals surface area contributed by atoms with Crippen molar-refractivity contribution in [2.24, 2.45) is 5.73 Å². The molecule has 3 nitrogen and oxygen atoms in total. The molecule has 0 heterocycles. The summed E-state index contributed by atoms with van der Waals surface area (Å²) in [6.45, 7) is 19.0. The Morgan fingerprint density at radius 3 is 2.13 bits per heavy atom. The maximum absolute atomic E-state index is 5.79. The van der Waals surface area contributed by atoms with E-state index in [9.17, 15) is 0 Å². The van der Waals surface area contributed by atoms with E-state index in [0.29, 0.717) is 11.7 Å². The Morgan fingerprint density at radius 2 is 1.57 bits per heavy atom. The quantitative estimate of drug-likeness (QED) is 0.182. The second kappa shape index (κ2) is 17.3. The van der Waals surface area contributed by atoms with Gasteiger partial charge in [-0.15, -0.1) is 0 Å². The monoisotopic (exact) mass is 433 g/mol. The van der Waals surface area contributed by atoms with Crippen molar-refractivity contribution in [1.29, 1.82) is 0 Å². The molecular formula is C26H47N3S. The maximum atomic E-state index is 5.79. The maximum Gasteiger partial charge on any atom is 0.0462 e. The summed E-state index contributed by atoms with van der Waals surface area (Å²) in [5, 5.41) is 6.70. The Kier molecular flexibility index (Phi) is 16.5. The Balaban J connectivity index is 3.99. The molecule has 0 rings (SSSR count). The summed E-state index contributed by atoms with van der Waals surface area (Å²) in [7, 11) is 1.91. The Labute approximate surface area is 191 Å². The van der Waals surface area contributed by atoms with Crippen molar-refractivity contribution in [1.82, 2.24) is 10.6 Å². The van der Waals surface area contributed by atoms with Gasteiger partial charge < -0.3 is 16.4 Å². The fraction of sp³-hybridized carbons (Fsp3) is 0.615. The third-order valence-corrected chi connectivity index (χ3v) is 6.16. The summed E-state index contributed by atoms with van der Waals surface area (Å²) in [6, 6.07) is 0.564. The highest BCUT2D eigenvalue weighted by molar-refractivity contribution is 7.99. The molecule has 0 fully saturated rings. The van der Waals surface area contributed by atoms with Gasteiger partial charge in [0.15, 0.2) is 0 Å². The zero-order valence-electron chi connectivity index (χ0n) is 20.4. The molecule has 172 valence electrons. The molecule has 0 radical (unpaired) electrons. The lowest BCUT2D eigenvalue weighted by Crippen LogP contribution is -2.32. The van der Waals surface area contributed by atoms with E-state index in [1.54, 1.807) is 0 Å². The van der Waals surface area contributed by atoms with Crippen LogP contribution in [0.4, 0.5) is 0 Å². The molecule has 0 spiro atoms. The summed E-state index contributed by atoms with van der Waals surface area (Å²) in [4.78, 5) is 0. The number of nitrogens with one attached hydrogen (secondary N) is 2. The minimum atomic E-state index is 0.150. The number of likely N-dealkylation sites (N-methyl/N-ethyl adjacent to an activating group) is 1. The van der Waals surface area contributed by atoms with E-state index in [4.69, 9.17) is 5.73 Å². The predicted octanol–water partition coefficient (Wildman–Crippen LogP) is 6.47. The third kappa shape index (κ3) is 16.4. The average molecular weight is 434 g/mol. The molecule has 4 N–H and O–H groups in total. The highest BCUT2D eigenvalue weighted by Crippen LogP contribution is 2.13. The van der Waals surface area contributed by atoms with Crippen LogP contribution in [0.3, 0.4) is 0 Å². The zero-order valence-corrected chi connectivity index (χ0v) is 21.3. The lowest BCUT2D eigenvalue weighted by molar-refractivity contribution is 0.557. The number of rotatable bonds is 17. The van der Waals surface area contributed by atoms with Crippen molar-refractivity contribution < 1.29 is 0 Å². The van der Waals surface area contributed by atoms with Crippen LogP contribution in [0.15, 0.2) is 59.5 Å². The number of nitrogens with two attached hydrogens (primary N) is 1. The topological polar surface area (TPSA) is 50.1 Å². The van der Waals surface area contributed by atoms with Crippen LogP contribution in [-0.4, -0.2) is 30.6 Å². The van der Waals surface area contributed by atoms with Gasteiger partial charge in [-0.1, -0.05) is 48.1 Å². The summed E-state index contributed by atoms with van der Waals surface area (Å²) in [6.07, 6.45) is 13.6. The highest BCUT2D eigenvalue weighted by Gasteiger charge is 2.09. The second-order valence-electron chi connectivity index (χ2n) is 8.60. The van der Waals surface area contributed by atoms with Gasteiger partial charge in [0.1, 0.15) is 0 Å². The van der Waals surface area contributed by atoms with Crippen LogP contribution in [0, 0.1) is 0 Å². The molecule has 2 atom stereocenters. The van der Waals surface area contributed by atoms with Gasteiger partial charge in [0.05, 0.1) is 0 Å². The number of thioether (sulfide) groups is 1. The average Bonchev–Trinajstić information content (AvgIpc) is 2.65. The largest absolute Gasteiger partial charge is 0.401 e. The Morgan fingerprint density at radius 1 is 0.967 bits per heavy atom. The molecule has 30 heavy (non-hydrogen) atoms. The van der Waals surface area contributed by atoms with Crippen LogP contribution >= 0.6 is 11.8 Å². The fourth-order valence-corrected chi connectivity index (χ4v) is 4.06. The lowest BCUT2D eigenvalue weighted by atomic mass is 10.1. The molecule has 4 heteroatoms. The number of hydrogen-bond donors (Lipinski definition) is 3. The van der Waals surface area contributed by atoms with Crippen molar-refractivity contribution in [3.8, 4) is 0 Å². The normalized spacial score (nSPS) is 14.2. The molecule has 0 amide bonds. The number of hydrogen-bond acceptors (Lipinski definition) is 4. The zero-order chi connectivity index (χ0) is 22.9. The van der Waals surface area contributed by atoms with Gasteiger partial charge in [0, 0.05) is 35.0 Å². The molecule has 0 aromatic carbocycles. The van der Waals surface area contributed by atoms with E-state index in [1.807, 2.05) is 18.8 Å². The van der Waals surface area contributed by atoms with E-state index in [1.165, 1.54) is 23.1 Å². The van der Waals surface area contributed by atoms with Gasteiger partial charge in [0.25, 0.3) is 0 Å². The first-order chi connectivity index (χ1) is 14.1. The van der Waals surface area contributed by atoms with Gasteiger partial charge in [-0.2, -0.15) is 11.8 Å². The van der Waals surface area contributed by atoms with Crippen LogP contribution < -0.4 is 16.4 Å². The third-order valence-electron chi connectivity index (χ3n) is 5.02. The van der Waals surface area contributed by atoms with Gasteiger partial charge in [0.2, 0.25) is 0 Å². The van der Waals surface area contributed by atoms with Gasteiger partial charge >= 0.3 is 0 Å². The van der Waals surface area contributed by atoms with Crippen molar-refractivity contribution in [2.75, 3.05) is 18.6 Å². The van der Waals surface area contributed by atoms with Crippen LogP contribution in [-0.2, 0) is 0 Å². The summed E-state index contributed by atoms with van der Waals surface area (Å²) in [5.41, 5.74) is 12.0. The Hall–Kier alpha value is -1.39. The number of allylic oxidation sites excluding steroid dienone is 6. The van der Waals surface area contributed by atoms with Crippen LogP contribution in [0.5, 0.6) is 0 Å². The van der Waals surface area contributed by atoms with Gasteiger partial charge in [-0.05, 0) is 80.2 Å². The summed E-state index contributed by atoms with van der Waals surface area (Å²) >= 11 is 1.97. The van der Waals surface area contributed by atoms with E-state index in [-0.39, 0.29) is 6.04 Å². The van der Waals surface area contributed by atoms with E-state index in [2.05, 4.69) is 76.6 Å². The molecule has 0 bridgehead atoms. The predicted molar refractivity (Wildman–Crippen MR) is 140 cm³/mol. The lowest BCUT2D eigenvalue weighted by Gasteiger charge is -2.20. The van der Waals surface area contributed by atoms with Gasteiger partial charge in [-0.25, -0.2) is 0 Å². The summed E-state index contributed by atoms with van der Waals surface area (Å²) < 4.78 is 0. The van der Waals surface area contributed by atoms with Crippen LogP contribution in [0.1, 0.15) is 73.1 Å². The molecule has 0 saturated carbocycles. The molecule has 0 saturated heterocycles. The Bertz CT molecular complexity index is 597. The SMILES string of the molecule is C=C(CCC(NC)C(=C)N)NC(C)CSC/C=C(\C)CC/C=C(\C)CCC=C(C)C. The van der Waals surface area contributed by atoms with Gasteiger partial charge in [-0.3, -0.25) is 0 Å². The van der Waals surface area contributed by atoms with E-state index < -0.39 is 0 Å². The van der Waals surface area contributed by atoms with E-state index >= 15 is 0 Å². The van der Waals surface area contributed by atoms with Crippen LogP contribution in [0.25, 0.3) is 0 Å². The molecule has 0 aromatic rings. The fourth-order valence-electron chi connectivity index (χ4n) is 3.08. The van der Waals surface area contributed by atoms with Crippen molar-refractivity contribution >= 4 is 11.8 Å². The first kappa shape index (κ1) is 28.6. The van der Waals surface area contributed by atoms with Crippen molar-refractivity contribution in [2.45, 2.75) is 85.2 Å². The molecular weight excluding hydrogens is 386 g/mol. The smallest absolute Gasteiger partial charge is 0.0462 e. The molecule has 0 aliphatic heterocycles. The molecule has 0 aliphatic carbocycles. The molecule has 0 aromatic heterocycles. The van der Waals surface area contributed by atoms with Crippen LogP contribution in [0.2, 0.25) is 0 Å². The molecule has 2 unspecified atom stereocenters. The first-order valence-electron chi connectivity index (χ1n) is 11.2. The van der Waals surface area contributed by atoms with Crippen molar-refractivity contribution in [3.63, 3.8) is 0 Å². The second-order valence-corrected chi connectivity index (χ2v) is 9.68. The minimum Gasteiger partial charge on any atom is -0.401 e. The minimum absolute atomic E-state index is 0.150. The van der Waals surface area contributed by atoms with E-state index in [0.717, 1.165) is 49.3 Å². The van der Waals surface area contributed by atoms with Crippen molar-refractivity contribution in [3.05, 3.63) is 59.5 Å². The summed E-state index contributed by atoms with van der Waals surface area (Å²) in [5.74, 6) is 2.15. The molecule has 0 aliphatic rings. The first-order valence-corrected chi connectivity index (χ1v) is 12.4.